The second-order valence-electron chi connectivity index (χ2n) is 8.84. The Labute approximate surface area is 180 Å². The Hall–Kier alpha value is -3.19. The molecule has 0 unspecified atom stereocenters. The van der Waals surface area contributed by atoms with E-state index in [0.29, 0.717) is 11.4 Å². The highest BCUT2D eigenvalue weighted by atomic mass is 16.5. The lowest BCUT2D eigenvalue weighted by molar-refractivity contribution is -0.143. The minimum absolute atomic E-state index is 0.0742. The minimum atomic E-state index is -1.22. The quantitative estimate of drug-likeness (QED) is 0.743. The van der Waals surface area contributed by atoms with Crippen molar-refractivity contribution in [2.45, 2.75) is 32.0 Å². The number of anilines is 1. The SMILES string of the molecule is COc1ccc(CN2C(=O)[C@@H]3[C@@H](C2=O)[C@@]2(N[C@H]3C(C)C)C(=O)Nc3ccccc32)cc1. The predicted molar refractivity (Wildman–Crippen MR) is 114 cm³/mol. The van der Waals surface area contributed by atoms with E-state index in [-0.39, 0.29) is 36.2 Å². The first-order valence-electron chi connectivity index (χ1n) is 10.5. The zero-order chi connectivity index (χ0) is 21.9. The van der Waals surface area contributed by atoms with Gasteiger partial charge >= 0.3 is 0 Å². The normalized spacial score (nSPS) is 29.0. The van der Waals surface area contributed by atoms with E-state index in [1.54, 1.807) is 7.11 Å². The number of benzene rings is 2. The maximum absolute atomic E-state index is 13.7. The number of amides is 3. The number of carbonyl (C=O) groups is 3. The maximum atomic E-state index is 13.7. The third-order valence-electron chi connectivity index (χ3n) is 6.87. The van der Waals surface area contributed by atoms with Crippen LogP contribution in [0.2, 0.25) is 0 Å². The number of nitrogens with zero attached hydrogens (tertiary/aromatic N) is 1. The molecule has 0 saturated carbocycles. The number of imide groups is 1. The molecule has 3 aliphatic heterocycles. The molecule has 7 heteroatoms. The summed E-state index contributed by atoms with van der Waals surface area (Å²) < 4.78 is 5.19. The number of rotatable bonds is 4. The first-order chi connectivity index (χ1) is 14.9. The summed E-state index contributed by atoms with van der Waals surface area (Å²) in [5.74, 6) is -1.34. The molecule has 2 N–H and O–H groups in total. The average molecular weight is 419 g/mol. The molecular weight excluding hydrogens is 394 g/mol. The molecule has 0 aliphatic carbocycles. The van der Waals surface area contributed by atoms with Gasteiger partial charge in [-0.3, -0.25) is 24.6 Å². The van der Waals surface area contributed by atoms with Gasteiger partial charge in [0.2, 0.25) is 17.7 Å². The van der Waals surface area contributed by atoms with E-state index in [1.807, 2.05) is 62.4 Å². The fourth-order valence-electron chi connectivity index (χ4n) is 5.39. The van der Waals surface area contributed by atoms with E-state index in [1.165, 1.54) is 4.90 Å². The number of methoxy groups -OCH3 is 1. The van der Waals surface area contributed by atoms with E-state index in [0.717, 1.165) is 11.1 Å². The standard InChI is InChI=1S/C24H25N3O4/c1-13(2)20-18-19(24(26-20)16-6-4-5-7-17(16)25-23(24)30)22(29)27(21(18)28)12-14-8-10-15(31-3)11-9-14/h4-11,13,18-20,26H,12H2,1-3H3,(H,25,30)/t18-,19+,20+,24-/m1/s1. The van der Waals surface area contributed by atoms with Gasteiger partial charge in [-0.05, 0) is 29.7 Å². The van der Waals surface area contributed by atoms with E-state index in [4.69, 9.17) is 4.74 Å². The summed E-state index contributed by atoms with van der Waals surface area (Å²) in [4.78, 5) is 41.8. The van der Waals surface area contributed by atoms with Gasteiger partial charge in [-0.1, -0.05) is 44.2 Å². The lowest BCUT2D eigenvalue weighted by Crippen LogP contribution is -2.53. The third kappa shape index (κ3) is 2.66. The van der Waals surface area contributed by atoms with Crippen LogP contribution in [0.3, 0.4) is 0 Å². The van der Waals surface area contributed by atoms with Crippen molar-refractivity contribution in [3.63, 3.8) is 0 Å². The van der Waals surface area contributed by atoms with Crippen LogP contribution in [0.5, 0.6) is 5.75 Å². The summed E-state index contributed by atoms with van der Waals surface area (Å²) in [6.07, 6.45) is 0. The number of nitrogens with one attached hydrogen (secondary N) is 2. The fraction of sp³-hybridized carbons (Fsp3) is 0.375. The van der Waals surface area contributed by atoms with Gasteiger partial charge in [-0.25, -0.2) is 0 Å². The number of likely N-dealkylation sites (tertiary alicyclic amines) is 1. The number of ether oxygens (including phenoxy) is 1. The molecule has 3 aliphatic rings. The Morgan fingerprint density at radius 3 is 2.42 bits per heavy atom. The highest BCUT2D eigenvalue weighted by Gasteiger charge is 2.70. The van der Waals surface area contributed by atoms with Crippen molar-refractivity contribution < 1.29 is 19.1 Å². The van der Waals surface area contributed by atoms with Gasteiger partial charge in [0.1, 0.15) is 11.3 Å². The van der Waals surface area contributed by atoms with E-state index < -0.39 is 17.4 Å². The molecule has 1 spiro atoms. The van der Waals surface area contributed by atoms with Crippen LogP contribution in [0.4, 0.5) is 5.69 Å². The number of fused-ring (bicyclic) bond motifs is 4. The highest BCUT2D eigenvalue weighted by Crippen LogP contribution is 2.54. The first-order valence-corrected chi connectivity index (χ1v) is 10.5. The largest absolute Gasteiger partial charge is 0.497 e. The van der Waals surface area contributed by atoms with Crippen LogP contribution in [0.15, 0.2) is 48.5 Å². The van der Waals surface area contributed by atoms with Gasteiger partial charge in [0, 0.05) is 17.3 Å². The molecule has 4 atom stereocenters. The smallest absolute Gasteiger partial charge is 0.250 e. The molecule has 0 radical (unpaired) electrons. The number of hydrogen-bond donors (Lipinski definition) is 2. The highest BCUT2D eigenvalue weighted by molar-refractivity contribution is 6.15. The summed E-state index contributed by atoms with van der Waals surface area (Å²) in [6, 6.07) is 14.4. The zero-order valence-electron chi connectivity index (χ0n) is 17.7. The molecular formula is C24H25N3O4. The number of para-hydroxylation sites is 1. The van der Waals surface area contributed by atoms with Gasteiger partial charge in [0.25, 0.3) is 0 Å². The van der Waals surface area contributed by atoms with Crippen LogP contribution < -0.4 is 15.4 Å². The molecule has 3 amide bonds. The minimum Gasteiger partial charge on any atom is -0.497 e. The van der Waals surface area contributed by atoms with Crippen LogP contribution in [-0.2, 0) is 26.5 Å². The van der Waals surface area contributed by atoms with Crippen LogP contribution >= 0.6 is 0 Å². The molecule has 2 aromatic carbocycles. The summed E-state index contributed by atoms with van der Waals surface area (Å²) in [5, 5.41) is 6.35. The summed E-state index contributed by atoms with van der Waals surface area (Å²) in [5.41, 5.74) is 1.04. The van der Waals surface area contributed by atoms with Crippen molar-refractivity contribution in [3.05, 3.63) is 59.7 Å². The van der Waals surface area contributed by atoms with Crippen molar-refractivity contribution in [3.8, 4) is 5.75 Å². The van der Waals surface area contributed by atoms with Gasteiger partial charge < -0.3 is 10.1 Å². The number of carbonyl (C=O) groups excluding carboxylic acids is 3. The summed E-state index contributed by atoms with van der Waals surface area (Å²) >= 11 is 0. The maximum Gasteiger partial charge on any atom is 0.250 e. The van der Waals surface area contributed by atoms with E-state index in [9.17, 15) is 14.4 Å². The molecule has 2 fully saturated rings. The van der Waals surface area contributed by atoms with Gasteiger partial charge in [0.15, 0.2) is 0 Å². The van der Waals surface area contributed by atoms with Crippen molar-refractivity contribution in [2.75, 3.05) is 12.4 Å². The van der Waals surface area contributed by atoms with Crippen molar-refractivity contribution in [1.29, 1.82) is 0 Å². The van der Waals surface area contributed by atoms with Crippen LogP contribution in [-0.4, -0.2) is 35.8 Å². The molecule has 2 saturated heterocycles. The van der Waals surface area contributed by atoms with Crippen LogP contribution in [0, 0.1) is 17.8 Å². The molecule has 0 bridgehead atoms. The Bertz CT molecular complexity index is 1080. The van der Waals surface area contributed by atoms with Gasteiger partial charge in [-0.2, -0.15) is 0 Å². The third-order valence-corrected chi connectivity index (χ3v) is 6.87. The second-order valence-corrected chi connectivity index (χ2v) is 8.84. The van der Waals surface area contributed by atoms with Crippen molar-refractivity contribution >= 4 is 23.4 Å². The van der Waals surface area contributed by atoms with Crippen LogP contribution in [0.25, 0.3) is 0 Å². The molecule has 7 nitrogen and oxygen atoms in total. The topological polar surface area (TPSA) is 87.7 Å². The van der Waals surface area contributed by atoms with E-state index in [2.05, 4.69) is 10.6 Å². The Balaban J connectivity index is 1.56. The molecule has 160 valence electrons. The second kappa shape index (κ2) is 6.92. The monoisotopic (exact) mass is 419 g/mol. The Morgan fingerprint density at radius 2 is 1.74 bits per heavy atom. The lowest BCUT2D eigenvalue weighted by atomic mass is 9.76. The molecule has 5 rings (SSSR count). The summed E-state index contributed by atoms with van der Waals surface area (Å²) in [7, 11) is 1.59. The molecule has 31 heavy (non-hydrogen) atoms. The Kier molecular flexibility index (Phi) is 4.41. The summed E-state index contributed by atoms with van der Waals surface area (Å²) in [6.45, 7) is 4.20. The predicted octanol–water partition coefficient (Wildman–Crippen LogP) is 2.27. The average Bonchev–Trinajstić information content (AvgIpc) is 3.35. The van der Waals surface area contributed by atoms with Gasteiger partial charge in [0.05, 0.1) is 25.5 Å². The number of hydrogen-bond acceptors (Lipinski definition) is 5. The van der Waals surface area contributed by atoms with Crippen molar-refractivity contribution in [2.24, 2.45) is 17.8 Å². The first kappa shape index (κ1) is 19.8. The van der Waals surface area contributed by atoms with Gasteiger partial charge in [-0.15, -0.1) is 0 Å². The van der Waals surface area contributed by atoms with Crippen LogP contribution in [0.1, 0.15) is 25.0 Å². The lowest BCUT2D eigenvalue weighted by Gasteiger charge is -2.30. The van der Waals surface area contributed by atoms with Crippen molar-refractivity contribution in [1.82, 2.24) is 10.2 Å². The fourth-order valence-corrected chi connectivity index (χ4v) is 5.39. The van der Waals surface area contributed by atoms with E-state index >= 15 is 0 Å². The molecule has 0 aromatic heterocycles. The zero-order valence-corrected chi connectivity index (χ0v) is 17.7. The molecule has 3 heterocycles. The Morgan fingerprint density at radius 1 is 1.03 bits per heavy atom. The molecule has 2 aromatic rings.